The van der Waals surface area contributed by atoms with Crippen molar-refractivity contribution in [2.45, 2.75) is 20.3 Å². The first-order valence-corrected chi connectivity index (χ1v) is 6.79. The van der Waals surface area contributed by atoms with E-state index in [4.69, 9.17) is 0 Å². The minimum Gasteiger partial charge on any atom is -0.388 e. The highest BCUT2D eigenvalue weighted by molar-refractivity contribution is 5.62. The van der Waals surface area contributed by atoms with Crippen LogP contribution in [0.2, 0.25) is 0 Å². The largest absolute Gasteiger partial charge is 0.388 e. The van der Waals surface area contributed by atoms with Gasteiger partial charge >= 0.3 is 0 Å². The van der Waals surface area contributed by atoms with E-state index in [1.165, 1.54) is 11.1 Å². The summed E-state index contributed by atoms with van der Waals surface area (Å²) in [5.74, 6) is 0. The van der Waals surface area contributed by atoms with E-state index in [0.717, 1.165) is 17.7 Å². The molecule has 0 atom stereocenters. The molecule has 0 saturated carbocycles. The van der Waals surface area contributed by atoms with Crippen molar-refractivity contribution in [2.75, 3.05) is 7.05 Å². The van der Waals surface area contributed by atoms with Crippen LogP contribution in [-0.2, 0) is 6.42 Å². The van der Waals surface area contributed by atoms with Gasteiger partial charge in [0.15, 0.2) is 0 Å². The Hall–Kier alpha value is -2.02. The topological polar surface area (TPSA) is 12.0 Å². The van der Waals surface area contributed by atoms with Crippen LogP contribution in [0, 0.1) is 0 Å². The molecule has 2 aromatic rings. The first-order valence-electron chi connectivity index (χ1n) is 6.79. The van der Waals surface area contributed by atoms with Crippen LogP contribution in [0.1, 0.15) is 30.5 Å². The number of benzene rings is 2. The summed E-state index contributed by atoms with van der Waals surface area (Å²) >= 11 is 0. The Labute approximate surface area is 117 Å². The minimum atomic E-state index is 0.958. The van der Waals surface area contributed by atoms with Crippen molar-refractivity contribution >= 4 is 5.70 Å². The first kappa shape index (κ1) is 15.0. The standard InChI is InChI=1S/C16H17N.C2H6/c1-13(17-2)16-10-6-9-15(12-16)11-14-7-4-3-5-8-14;1-2/h3-10,12,17H,1,11H2,2H3;1-2H3. The maximum absolute atomic E-state index is 3.98. The van der Waals surface area contributed by atoms with Crippen LogP contribution in [0.25, 0.3) is 5.70 Å². The average Bonchev–Trinajstić information content (AvgIpc) is 2.50. The molecule has 0 unspecified atom stereocenters. The molecule has 0 aliphatic rings. The van der Waals surface area contributed by atoms with E-state index in [1.54, 1.807) is 0 Å². The maximum atomic E-state index is 3.98. The van der Waals surface area contributed by atoms with Gasteiger partial charge in [-0.1, -0.05) is 69.0 Å². The molecule has 0 aromatic heterocycles. The monoisotopic (exact) mass is 253 g/mol. The smallest absolute Gasteiger partial charge is 0.0338 e. The third-order valence-corrected chi connectivity index (χ3v) is 2.83. The fourth-order valence-corrected chi connectivity index (χ4v) is 1.84. The van der Waals surface area contributed by atoms with E-state index in [9.17, 15) is 0 Å². The lowest BCUT2D eigenvalue weighted by atomic mass is 10.0. The quantitative estimate of drug-likeness (QED) is 0.846. The molecule has 0 saturated heterocycles. The Kier molecular flexibility index (Phi) is 6.45. The summed E-state index contributed by atoms with van der Waals surface area (Å²) in [4.78, 5) is 0. The van der Waals surface area contributed by atoms with Gasteiger partial charge in [0, 0.05) is 12.7 Å². The Morgan fingerprint density at radius 3 is 2.21 bits per heavy atom. The Balaban J connectivity index is 0.000000861. The second kappa shape index (κ2) is 8.15. The number of rotatable bonds is 4. The molecular weight excluding hydrogens is 230 g/mol. The van der Waals surface area contributed by atoms with Gasteiger partial charge in [0.25, 0.3) is 0 Å². The second-order valence-electron chi connectivity index (χ2n) is 4.09. The van der Waals surface area contributed by atoms with E-state index in [0.29, 0.717) is 0 Å². The molecule has 2 aromatic carbocycles. The van der Waals surface area contributed by atoms with E-state index >= 15 is 0 Å². The molecule has 0 amide bonds. The van der Waals surface area contributed by atoms with Crippen LogP contribution in [-0.4, -0.2) is 7.05 Å². The van der Waals surface area contributed by atoms with Gasteiger partial charge in [0.05, 0.1) is 0 Å². The predicted molar refractivity (Wildman–Crippen MR) is 85.1 cm³/mol. The molecule has 0 spiro atoms. The summed E-state index contributed by atoms with van der Waals surface area (Å²) in [6, 6.07) is 19.0. The number of hydrogen-bond acceptors (Lipinski definition) is 1. The van der Waals surface area contributed by atoms with E-state index in [1.807, 2.05) is 27.0 Å². The van der Waals surface area contributed by atoms with Crippen molar-refractivity contribution in [1.29, 1.82) is 0 Å². The predicted octanol–water partition coefficient (Wildman–Crippen LogP) is 4.49. The van der Waals surface area contributed by atoms with Crippen LogP contribution in [0.4, 0.5) is 0 Å². The van der Waals surface area contributed by atoms with Gasteiger partial charge in [0.1, 0.15) is 0 Å². The van der Waals surface area contributed by atoms with Crippen molar-refractivity contribution in [3.63, 3.8) is 0 Å². The fraction of sp³-hybridized carbons (Fsp3) is 0.222. The van der Waals surface area contributed by atoms with Crippen LogP contribution in [0.15, 0.2) is 61.2 Å². The van der Waals surface area contributed by atoms with Gasteiger partial charge < -0.3 is 5.32 Å². The molecule has 2 rings (SSSR count). The van der Waals surface area contributed by atoms with Crippen molar-refractivity contribution in [3.8, 4) is 0 Å². The van der Waals surface area contributed by atoms with Gasteiger partial charge in [-0.15, -0.1) is 0 Å². The maximum Gasteiger partial charge on any atom is 0.0338 e. The summed E-state index contributed by atoms with van der Waals surface area (Å²) in [6.07, 6.45) is 0.964. The van der Waals surface area contributed by atoms with Gasteiger partial charge in [-0.25, -0.2) is 0 Å². The molecule has 0 bridgehead atoms. The Morgan fingerprint density at radius 1 is 0.947 bits per heavy atom. The van der Waals surface area contributed by atoms with Gasteiger partial charge in [-0.05, 0) is 29.2 Å². The van der Waals surface area contributed by atoms with Gasteiger partial charge in [-0.2, -0.15) is 0 Å². The van der Waals surface area contributed by atoms with Crippen LogP contribution in [0.3, 0.4) is 0 Å². The lowest BCUT2D eigenvalue weighted by Crippen LogP contribution is -2.03. The van der Waals surface area contributed by atoms with E-state index in [2.05, 4.69) is 60.4 Å². The van der Waals surface area contributed by atoms with Crippen molar-refractivity contribution in [3.05, 3.63) is 77.9 Å². The second-order valence-corrected chi connectivity index (χ2v) is 4.09. The molecule has 1 nitrogen and oxygen atoms in total. The van der Waals surface area contributed by atoms with Crippen LogP contribution >= 0.6 is 0 Å². The van der Waals surface area contributed by atoms with E-state index in [-0.39, 0.29) is 0 Å². The summed E-state index contributed by atoms with van der Waals surface area (Å²) in [5.41, 5.74) is 4.76. The van der Waals surface area contributed by atoms with Crippen LogP contribution in [0.5, 0.6) is 0 Å². The molecule has 0 aliphatic heterocycles. The summed E-state index contributed by atoms with van der Waals surface area (Å²) < 4.78 is 0. The van der Waals surface area contributed by atoms with Crippen LogP contribution < -0.4 is 5.32 Å². The normalized spacial score (nSPS) is 9.21. The SMILES string of the molecule is C=C(NC)c1cccc(Cc2ccccc2)c1.CC. The molecular formula is C18H23N. The third kappa shape index (κ3) is 4.63. The lowest BCUT2D eigenvalue weighted by Gasteiger charge is -2.07. The molecule has 0 fully saturated rings. The zero-order valence-electron chi connectivity index (χ0n) is 12.1. The fourth-order valence-electron chi connectivity index (χ4n) is 1.84. The highest BCUT2D eigenvalue weighted by Gasteiger charge is 1.99. The molecule has 1 N–H and O–H groups in total. The number of nitrogens with one attached hydrogen (secondary N) is 1. The van der Waals surface area contributed by atoms with Gasteiger partial charge in [-0.3, -0.25) is 0 Å². The highest BCUT2D eigenvalue weighted by atomic mass is 14.8. The molecule has 0 heterocycles. The van der Waals surface area contributed by atoms with Gasteiger partial charge in [0.2, 0.25) is 0 Å². The first-order chi connectivity index (χ1) is 9.29. The number of hydrogen-bond donors (Lipinski definition) is 1. The molecule has 0 radical (unpaired) electrons. The van der Waals surface area contributed by atoms with Crippen molar-refractivity contribution in [1.82, 2.24) is 5.32 Å². The molecule has 1 heteroatoms. The lowest BCUT2D eigenvalue weighted by molar-refractivity contribution is 1.12. The summed E-state index contributed by atoms with van der Waals surface area (Å²) in [6.45, 7) is 7.98. The minimum absolute atomic E-state index is 0.958. The van der Waals surface area contributed by atoms with Crippen molar-refractivity contribution in [2.24, 2.45) is 0 Å². The Morgan fingerprint density at radius 2 is 1.58 bits per heavy atom. The molecule has 100 valence electrons. The zero-order valence-corrected chi connectivity index (χ0v) is 12.1. The summed E-state index contributed by atoms with van der Waals surface area (Å²) in [5, 5.41) is 3.08. The highest BCUT2D eigenvalue weighted by Crippen LogP contribution is 2.14. The van der Waals surface area contributed by atoms with Crippen molar-refractivity contribution < 1.29 is 0 Å². The third-order valence-electron chi connectivity index (χ3n) is 2.83. The van der Waals surface area contributed by atoms with E-state index < -0.39 is 0 Å². The Bertz CT molecular complexity index is 500. The average molecular weight is 253 g/mol. The molecule has 0 aliphatic carbocycles. The zero-order chi connectivity index (χ0) is 14.1. The summed E-state index contributed by atoms with van der Waals surface area (Å²) in [7, 11) is 1.90. The molecule has 19 heavy (non-hydrogen) atoms.